The van der Waals surface area contributed by atoms with Gasteiger partial charge in [-0.1, -0.05) is 29.8 Å². The minimum atomic E-state index is -1.23. The molecule has 3 N–H and O–H groups in total. The van der Waals surface area contributed by atoms with Gasteiger partial charge in [-0.15, -0.1) is 0 Å². The fraction of sp³-hybridized carbons (Fsp3) is 0.526. The van der Waals surface area contributed by atoms with Crippen LogP contribution in [-0.4, -0.2) is 36.5 Å². The Labute approximate surface area is 164 Å². The summed E-state index contributed by atoms with van der Waals surface area (Å²) in [6, 6.07) is 5.66. The Morgan fingerprint density at radius 2 is 1.93 bits per heavy atom. The average Bonchev–Trinajstić information content (AvgIpc) is 2.57. The van der Waals surface area contributed by atoms with Crippen LogP contribution in [0.25, 0.3) is 0 Å². The summed E-state index contributed by atoms with van der Waals surface area (Å²) in [5.74, 6) is -0.488. The van der Waals surface area contributed by atoms with Crippen molar-refractivity contribution in [3.05, 3.63) is 34.9 Å². The molecule has 0 saturated carbocycles. The van der Waals surface area contributed by atoms with E-state index in [4.69, 9.17) is 26.8 Å². The van der Waals surface area contributed by atoms with Gasteiger partial charge in [-0.2, -0.15) is 0 Å². The van der Waals surface area contributed by atoms with Gasteiger partial charge in [-0.3, -0.25) is 9.59 Å². The summed E-state index contributed by atoms with van der Waals surface area (Å²) in [6.45, 7) is 5.82. The number of Topliss-reactive ketones (excluding diaryl/α,β-unsaturated/α-hetero) is 1. The first-order valence-corrected chi connectivity index (χ1v) is 9.14. The molecule has 0 aliphatic heterocycles. The van der Waals surface area contributed by atoms with E-state index in [-0.39, 0.29) is 11.5 Å². The molecule has 0 aromatic heterocycles. The van der Waals surface area contributed by atoms with Crippen molar-refractivity contribution >= 4 is 29.9 Å². The van der Waals surface area contributed by atoms with Crippen LogP contribution < -0.4 is 11.1 Å². The van der Waals surface area contributed by atoms with Gasteiger partial charge >= 0.3 is 6.09 Å². The van der Waals surface area contributed by atoms with Gasteiger partial charge in [0.15, 0.2) is 11.9 Å². The second kappa shape index (κ2) is 10.9. The third-order valence-electron chi connectivity index (χ3n) is 3.62. The number of rotatable bonds is 10. The molecule has 0 heterocycles. The molecule has 7 nitrogen and oxygen atoms in total. The minimum absolute atomic E-state index is 0.191. The largest absolute Gasteiger partial charge is 0.451 e. The predicted molar refractivity (Wildman–Crippen MR) is 102 cm³/mol. The third-order valence-corrected chi connectivity index (χ3v) is 3.96. The lowest BCUT2D eigenvalue weighted by Gasteiger charge is -2.25. The number of hydrogen-bond donors (Lipinski definition) is 2. The molecule has 0 saturated heterocycles. The first kappa shape index (κ1) is 22.9. The van der Waals surface area contributed by atoms with E-state index in [0.29, 0.717) is 31.4 Å². The van der Waals surface area contributed by atoms with E-state index in [2.05, 4.69) is 5.32 Å². The van der Waals surface area contributed by atoms with Gasteiger partial charge in [0.05, 0.1) is 6.04 Å². The van der Waals surface area contributed by atoms with Gasteiger partial charge in [0.2, 0.25) is 0 Å². The van der Waals surface area contributed by atoms with Crippen LogP contribution in [0.1, 0.15) is 51.7 Å². The van der Waals surface area contributed by atoms with Gasteiger partial charge in [0.25, 0.3) is 6.47 Å². The zero-order valence-corrected chi connectivity index (χ0v) is 16.6. The first-order chi connectivity index (χ1) is 12.7. The third kappa shape index (κ3) is 7.97. The molecule has 0 radical (unpaired) electrons. The molecule has 0 fully saturated rings. The number of alkyl carbamates (subject to hydrolysis) is 1. The molecule has 27 heavy (non-hydrogen) atoms. The molecule has 0 aliphatic carbocycles. The number of amides is 1. The SMILES string of the molecule is CC(C)(C)OC(=O)N[C@@H](CCCCN)C(=O)C(OC=O)c1ccccc1Cl. The highest BCUT2D eigenvalue weighted by Gasteiger charge is 2.32. The smallest absolute Gasteiger partial charge is 0.408 e. The molecule has 1 aromatic rings. The van der Waals surface area contributed by atoms with Crippen LogP contribution in [0.4, 0.5) is 4.79 Å². The van der Waals surface area contributed by atoms with Crippen molar-refractivity contribution in [1.82, 2.24) is 5.32 Å². The predicted octanol–water partition coefficient (Wildman–Crippen LogP) is 3.15. The van der Waals surface area contributed by atoms with Crippen molar-refractivity contribution in [2.24, 2.45) is 5.73 Å². The van der Waals surface area contributed by atoms with E-state index in [1.165, 1.54) is 0 Å². The van der Waals surface area contributed by atoms with Crippen LogP contribution in [0.2, 0.25) is 5.02 Å². The summed E-state index contributed by atoms with van der Waals surface area (Å²) in [6.07, 6.45) is -0.325. The van der Waals surface area contributed by atoms with Gasteiger partial charge < -0.3 is 20.5 Å². The Kier molecular flexibility index (Phi) is 9.25. The van der Waals surface area contributed by atoms with Crippen molar-refractivity contribution < 1.29 is 23.9 Å². The Hall–Kier alpha value is -2.12. The van der Waals surface area contributed by atoms with E-state index in [9.17, 15) is 14.4 Å². The summed E-state index contributed by atoms with van der Waals surface area (Å²) in [5.41, 5.74) is 5.15. The molecule has 0 aliphatic rings. The molecular weight excluding hydrogens is 372 g/mol. The molecule has 150 valence electrons. The van der Waals surface area contributed by atoms with Crippen molar-refractivity contribution in [3.63, 3.8) is 0 Å². The van der Waals surface area contributed by atoms with Crippen LogP contribution in [0.5, 0.6) is 0 Å². The van der Waals surface area contributed by atoms with E-state index in [1.807, 2.05) is 0 Å². The fourth-order valence-electron chi connectivity index (χ4n) is 2.45. The molecule has 8 heteroatoms. The van der Waals surface area contributed by atoms with Crippen LogP contribution in [0.15, 0.2) is 24.3 Å². The van der Waals surface area contributed by atoms with Crippen LogP contribution in [0.3, 0.4) is 0 Å². The van der Waals surface area contributed by atoms with Crippen molar-refractivity contribution in [1.29, 1.82) is 0 Å². The highest BCUT2D eigenvalue weighted by molar-refractivity contribution is 6.31. The number of carbonyl (C=O) groups is 3. The molecule has 1 amide bonds. The van der Waals surface area contributed by atoms with E-state index < -0.39 is 29.6 Å². The summed E-state index contributed by atoms with van der Waals surface area (Å²) >= 11 is 6.15. The van der Waals surface area contributed by atoms with Crippen molar-refractivity contribution in [2.45, 2.75) is 57.8 Å². The molecule has 1 rings (SSSR count). The number of unbranched alkanes of at least 4 members (excludes halogenated alkanes) is 1. The fourth-order valence-corrected chi connectivity index (χ4v) is 2.68. The standard InChI is InChI=1S/C19H27ClN2O5/c1-19(2,3)27-18(25)22-15(10-6-7-11-21)16(24)17(26-12-23)13-8-4-5-9-14(13)20/h4-5,8-9,12,15,17H,6-7,10-11,21H2,1-3H3,(H,22,25)/t15-,17?/m0/s1. The summed E-state index contributed by atoms with van der Waals surface area (Å²) in [7, 11) is 0. The Morgan fingerprint density at radius 3 is 2.48 bits per heavy atom. The quantitative estimate of drug-likeness (QED) is 0.463. The number of ketones is 1. The topological polar surface area (TPSA) is 108 Å². The minimum Gasteiger partial charge on any atom is -0.451 e. The second-order valence-corrected chi connectivity index (χ2v) is 7.43. The zero-order valence-electron chi connectivity index (χ0n) is 15.9. The first-order valence-electron chi connectivity index (χ1n) is 8.76. The molecular formula is C19H27ClN2O5. The summed E-state index contributed by atoms with van der Waals surface area (Å²) in [4.78, 5) is 36.1. The lowest BCUT2D eigenvalue weighted by atomic mass is 9.96. The number of halogens is 1. The Bertz CT molecular complexity index is 645. The Balaban J connectivity index is 3.05. The molecule has 1 unspecified atom stereocenters. The number of nitrogens with one attached hydrogen (secondary N) is 1. The highest BCUT2D eigenvalue weighted by atomic mass is 35.5. The van der Waals surface area contributed by atoms with Crippen LogP contribution in [0, 0.1) is 0 Å². The van der Waals surface area contributed by atoms with Crippen LogP contribution >= 0.6 is 11.6 Å². The van der Waals surface area contributed by atoms with Crippen LogP contribution in [-0.2, 0) is 19.1 Å². The average molecular weight is 399 g/mol. The summed E-state index contributed by atoms with van der Waals surface area (Å²) < 4.78 is 10.2. The maximum atomic E-state index is 13.0. The second-order valence-electron chi connectivity index (χ2n) is 7.02. The van der Waals surface area contributed by atoms with Crippen molar-refractivity contribution in [3.8, 4) is 0 Å². The van der Waals surface area contributed by atoms with E-state index >= 15 is 0 Å². The number of carbonyl (C=O) groups excluding carboxylic acids is 3. The number of ether oxygens (including phenoxy) is 2. The van der Waals surface area contributed by atoms with Gasteiger partial charge in [-0.05, 0) is 52.6 Å². The molecule has 0 bridgehead atoms. The van der Waals surface area contributed by atoms with E-state index in [0.717, 1.165) is 0 Å². The van der Waals surface area contributed by atoms with Gasteiger partial charge in [0.1, 0.15) is 5.60 Å². The lowest BCUT2D eigenvalue weighted by molar-refractivity contribution is -0.145. The normalized spacial score (nSPS) is 13.4. The number of benzene rings is 1. The van der Waals surface area contributed by atoms with Crippen molar-refractivity contribution in [2.75, 3.05) is 6.54 Å². The molecule has 0 spiro atoms. The molecule has 1 aromatic carbocycles. The Morgan fingerprint density at radius 1 is 1.26 bits per heavy atom. The summed E-state index contributed by atoms with van der Waals surface area (Å²) in [5, 5.41) is 2.86. The van der Waals surface area contributed by atoms with Gasteiger partial charge in [-0.25, -0.2) is 4.79 Å². The maximum Gasteiger partial charge on any atom is 0.408 e. The maximum absolute atomic E-state index is 13.0. The molecule has 2 atom stereocenters. The monoisotopic (exact) mass is 398 g/mol. The van der Waals surface area contributed by atoms with Gasteiger partial charge in [0, 0.05) is 10.6 Å². The highest BCUT2D eigenvalue weighted by Crippen LogP contribution is 2.27. The zero-order chi connectivity index (χ0) is 20.4. The lowest BCUT2D eigenvalue weighted by Crippen LogP contribution is -2.45. The van der Waals surface area contributed by atoms with E-state index in [1.54, 1.807) is 45.0 Å². The number of nitrogens with two attached hydrogens (primary N) is 1. The number of hydrogen-bond acceptors (Lipinski definition) is 6.